The molecule has 0 spiro atoms. The zero-order chi connectivity index (χ0) is 30.3. The van der Waals surface area contributed by atoms with Crippen molar-refractivity contribution in [3.8, 4) is 45.5 Å². The van der Waals surface area contributed by atoms with Gasteiger partial charge in [0.15, 0.2) is 6.61 Å². The number of esters is 1. The average molecular weight is 580 g/mol. The van der Waals surface area contributed by atoms with Crippen LogP contribution in [0.25, 0.3) is 33.5 Å². The quantitative estimate of drug-likeness (QED) is 0.205. The summed E-state index contributed by atoms with van der Waals surface area (Å²) in [4.78, 5) is 35.3. The first-order chi connectivity index (χ1) is 20.9. The van der Waals surface area contributed by atoms with E-state index in [9.17, 15) is 9.59 Å². The van der Waals surface area contributed by atoms with Crippen LogP contribution in [0.5, 0.6) is 23.0 Å². The van der Waals surface area contributed by atoms with Crippen LogP contribution in [0.15, 0.2) is 84.9 Å². The summed E-state index contributed by atoms with van der Waals surface area (Å²) in [5.74, 6) is 1.20. The van der Waals surface area contributed by atoms with Crippen LogP contribution in [0.2, 0.25) is 0 Å². The number of amides is 1. The lowest BCUT2D eigenvalue weighted by Crippen LogP contribution is -2.21. The Morgan fingerprint density at radius 2 is 1.19 bits per heavy atom. The van der Waals surface area contributed by atoms with Gasteiger partial charge in [0, 0.05) is 17.2 Å². The molecular formula is C33H29N3O7. The van der Waals surface area contributed by atoms with Crippen molar-refractivity contribution < 1.29 is 33.3 Å². The van der Waals surface area contributed by atoms with Crippen molar-refractivity contribution in [1.82, 2.24) is 9.97 Å². The van der Waals surface area contributed by atoms with Crippen LogP contribution in [0.1, 0.15) is 10.4 Å². The minimum Gasteiger partial charge on any atom is -0.497 e. The first kappa shape index (κ1) is 28.9. The number of aromatic nitrogens is 2. The molecular weight excluding hydrogens is 550 g/mol. The Labute approximate surface area is 248 Å². The van der Waals surface area contributed by atoms with E-state index >= 15 is 0 Å². The first-order valence-electron chi connectivity index (χ1n) is 13.2. The van der Waals surface area contributed by atoms with Crippen LogP contribution in [0, 0.1) is 0 Å². The zero-order valence-electron chi connectivity index (χ0n) is 24.0. The Kier molecular flexibility index (Phi) is 8.66. The molecule has 5 aromatic rings. The van der Waals surface area contributed by atoms with E-state index in [0.29, 0.717) is 45.4 Å². The number of anilines is 1. The summed E-state index contributed by atoms with van der Waals surface area (Å²) in [5, 5.41) is 2.68. The van der Waals surface area contributed by atoms with Crippen molar-refractivity contribution in [1.29, 1.82) is 0 Å². The van der Waals surface area contributed by atoms with Crippen molar-refractivity contribution in [2.75, 3.05) is 40.4 Å². The standard InChI is InChI=1S/C33H29N3O7/c1-39-23-10-5-20(6-11-23)31-32(21-7-12-24(40-2)13-8-21)36-27-17-22(9-15-26(27)35-31)33(38)43-19-30(37)34-28-18-25(41-3)14-16-29(28)42-4/h5-18H,19H2,1-4H3,(H,34,37). The Morgan fingerprint density at radius 1 is 0.628 bits per heavy atom. The van der Waals surface area contributed by atoms with Gasteiger partial charge in [0.2, 0.25) is 0 Å². The van der Waals surface area contributed by atoms with E-state index in [0.717, 1.165) is 16.9 Å². The Balaban J connectivity index is 1.41. The van der Waals surface area contributed by atoms with Gasteiger partial charge >= 0.3 is 5.97 Å². The van der Waals surface area contributed by atoms with E-state index in [1.807, 2.05) is 48.5 Å². The molecule has 10 nitrogen and oxygen atoms in total. The molecule has 0 aliphatic heterocycles. The van der Waals surface area contributed by atoms with Gasteiger partial charge in [0.25, 0.3) is 5.91 Å². The summed E-state index contributed by atoms with van der Waals surface area (Å²) in [5.41, 5.74) is 4.65. The molecule has 0 aliphatic rings. The fourth-order valence-corrected chi connectivity index (χ4v) is 4.39. The molecule has 5 rings (SSSR count). The van der Waals surface area contributed by atoms with Gasteiger partial charge in [-0.05, 0) is 78.9 Å². The summed E-state index contributed by atoms with van der Waals surface area (Å²) in [6.07, 6.45) is 0. The normalized spacial score (nSPS) is 10.6. The fourth-order valence-electron chi connectivity index (χ4n) is 4.39. The summed E-state index contributed by atoms with van der Waals surface area (Å²) < 4.78 is 26.4. The maximum Gasteiger partial charge on any atom is 0.338 e. The number of hydrogen-bond donors (Lipinski definition) is 1. The summed E-state index contributed by atoms with van der Waals surface area (Å²) >= 11 is 0. The van der Waals surface area contributed by atoms with E-state index in [2.05, 4.69) is 5.32 Å². The van der Waals surface area contributed by atoms with Crippen LogP contribution in [0.3, 0.4) is 0 Å². The first-order valence-corrected chi connectivity index (χ1v) is 13.2. The number of nitrogens with one attached hydrogen (secondary N) is 1. The van der Waals surface area contributed by atoms with Crippen LogP contribution >= 0.6 is 0 Å². The van der Waals surface area contributed by atoms with Gasteiger partial charge < -0.3 is 29.0 Å². The average Bonchev–Trinajstić information content (AvgIpc) is 3.06. The number of carbonyl (C=O) groups is 2. The Bertz CT molecular complexity index is 1770. The number of rotatable bonds is 10. The van der Waals surface area contributed by atoms with Gasteiger partial charge in [-0.3, -0.25) is 4.79 Å². The molecule has 0 saturated heterocycles. The van der Waals surface area contributed by atoms with Crippen LogP contribution < -0.4 is 24.3 Å². The molecule has 0 radical (unpaired) electrons. The van der Waals surface area contributed by atoms with E-state index in [1.54, 1.807) is 50.6 Å². The van der Waals surface area contributed by atoms with E-state index in [1.165, 1.54) is 14.2 Å². The smallest absolute Gasteiger partial charge is 0.338 e. The molecule has 1 heterocycles. The maximum atomic E-state index is 12.9. The fraction of sp³-hybridized carbons (Fsp3) is 0.152. The molecule has 10 heteroatoms. The number of hydrogen-bond acceptors (Lipinski definition) is 9. The lowest BCUT2D eigenvalue weighted by molar-refractivity contribution is -0.119. The van der Waals surface area contributed by atoms with Gasteiger partial charge in [0.05, 0.1) is 62.1 Å². The van der Waals surface area contributed by atoms with Crippen molar-refractivity contribution >= 4 is 28.6 Å². The van der Waals surface area contributed by atoms with E-state index in [4.69, 9.17) is 33.7 Å². The van der Waals surface area contributed by atoms with Gasteiger partial charge in [-0.2, -0.15) is 0 Å². The molecule has 43 heavy (non-hydrogen) atoms. The second-order valence-electron chi connectivity index (χ2n) is 9.27. The summed E-state index contributed by atoms with van der Waals surface area (Å²) in [7, 11) is 6.22. The molecule has 1 aromatic heterocycles. The minimum atomic E-state index is -0.679. The maximum absolute atomic E-state index is 12.9. The Morgan fingerprint density at radius 3 is 1.74 bits per heavy atom. The van der Waals surface area contributed by atoms with Crippen molar-refractivity contribution in [3.63, 3.8) is 0 Å². The number of benzene rings is 4. The summed E-state index contributed by atoms with van der Waals surface area (Å²) in [6.45, 7) is -0.504. The minimum absolute atomic E-state index is 0.228. The molecule has 0 saturated carbocycles. The molecule has 0 unspecified atom stereocenters. The third kappa shape index (κ3) is 6.48. The predicted octanol–water partition coefficient (Wildman–Crippen LogP) is 5.79. The second kappa shape index (κ2) is 12.9. The van der Waals surface area contributed by atoms with E-state index in [-0.39, 0.29) is 5.56 Å². The lowest BCUT2D eigenvalue weighted by Gasteiger charge is -2.13. The number of fused-ring (bicyclic) bond motifs is 1. The largest absolute Gasteiger partial charge is 0.497 e. The number of methoxy groups -OCH3 is 4. The van der Waals surface area contributed by atoms with Gasteiger partial charge in [0.1, 0.15) is 23.0 Å². The predicted molar refractivity (Wildman–Crippen MR) is 162 cm³/mol. The highest BCUT2D eigenvalue weighted by molar-refractivity contribution is 5.98. The van der Waals surface area contributed by atoms with E-state index < -0.39 is 18.5 Å². The highest BCUT2D eigenvalue weighted by Crippen LogP contribution is 2.33. The third-order valence-electron chi connectivity index (χ3n) is 6.64. The van der Waals surface area contributed by atoms with Crippen LogP contribution in [0.4, 0.5) is 5.69 Å². The zero-order valence-corrected chi connectivity index (χ0v) is 24.0. The monoisotopic (exact) mass is 579 g/mol. The lowest BCUT2D eigenvalue weighted by atomic mass is 10.0. The molecule has 1 amide bonds. The van der Waals surface area contributed by atoms with Crippen LogP contribution in [-0.4, -0.2) is 56.9 Å². The molecule has 0 fully saturated rings. The highest BCUT2D eigenvalue weighted by Gasteiger charge is 2.17. The SMILES string of the molecule is COc1ccc(-c2nc3ccc(C(=O)OCC(=O)Nc4cc(OC)ccc4OC)cc3nc2-c2ccc(OC)cc2)cc1. The van der Waals surface area contributed by atoms with Crippen LogP contribution in [-0.2, 0) is 9.53 Å². The molecule has 0 aliphatic carbocycles. The molecule has 4 aromatic carbocycles. The third-order valence-corrected chi connectivity index (χ3v) is 6.64. The Hall–Kier alpha value is -5.64. The number of carbonyl (C=O) groups excluding carboxylic acids is 2. The molecule has 0 bridgehead atoms. The second-order valence-corrected chi connectivity index (χ2v) is 9.27. The van der Waals surface area contributed by atoms with Gasteiger partial charge in [-0.15, -0.1) is 0 Å². The topological polar surface area (TPSA) is 118 Å². The highest BCUT2D eigenvalue weighted by atomic mass is 16.5. The number of ether oxygens (including phenoxy) is 5. The molecule has 218 valence electrons. The number of nitrogens with zero attached hydrogens (tertiary/aromatic N) is 2. The molecule has 0 atom stereocenters. The van der Waals surface area contributed by atoms with Gasteiger partial charge in [-0.25, -0.2) is 14.8 Å². The van der Waals surface area contributed by atoms with Crippen molar-refractivity contribution in [2.45, 2.75) is 0 Å². The molecule has 1 N–H and O–H groups in total. The van der Waals surface area contributed by atoms with Crippen molar-refractivity contribution in [3.05, 3.63) is 90.5 Å². The van der Waals surface area contributed by atoms with Gasteiger partial charge in [-0.1, -0.05) is 0 Å². The summed E-state index contributed by atoms with van der Waals surface area (Å²) in [6, 6.07) is 24.9. The van der Waals surface area contributed by atoms with Crippen molar-refractivity contribution in [2.24, 2.45) is 0 Å².